The fourth-order valence-corrected chi connectivity index (χ4v) is 3.37. The Morgan fingerprint density at radius 1 is 1.38 bits per heavy atom. The molecule has 2 rings (SSSR count). The van der Waals surface area contributed by atoms with Crippen LogP contribution in [0.2, 0.25) is 0 Å². The van der Waals surface area contributed by atoms with Gasteiger partial charge < -0.3 is 9.84 Å². The van der Waals surface area contributed by atoms with Crippen molar-refractivity contribution in [3.63, 3.8) is 0 Å². The maximum Gasteiger partial charge on any atom is 0.277 e. The number of hydrogen-bond donors (Lipinski definition) is 2. The zero-order valence-corrected chi connectivity index (χ0v) is 16.9. The Balaban J connectivity index is 1.90. The predicted octanol–water partition coefficient (Wildman–Crippen LogP) is 3.91. The largest absolute Gasteiger partial charge is 0.507 e. The lowest BCUT2D eigenvalue weighted by Gasteiger charge is -2.11. The highest BCUT2D eigenvalue weighted by Crippen LogP contribution is 2.30. The third-order valence-corrected chi connectivity index (χ3v) is 4.55. The predicted molar refractivity (Wildman–Crippen MR) is 106 cm³/mol. The van der Waals surface area contributed by atoms with E-state index in [1.54, 1.807) is 18.2 Å². The molecule has 2 aromatic rings. The topological polar surface area (TPSA) is 70.9 Å². The molecule has 5 nitrogen and oxygen atoms in total. The van der Waals surface area contributed by atoms with Gasteiger partial charge in [-0.1, -0.05) is 6.07 Å². The molecule has 0 saturated heterocycles. The summed E-state index contributed by atoms with van der Waals surface area (Å²) >= 11 is 5.46. The van der Waals surface area contributed by atoms with E-state index in [2.05, 4.69) is 26.5 Å². The van der Waals surface area contributed by atoms with Crippen molar-refractivity contribution in [2.24, 2.45) is 5.10 Å². The standard InChI is InChI=1S/C17H16BrIN2O3/c1-10-5-11(2)17(13(18)6-10)24-9-16(23)21-20-8-12-3-4-15(22)14(19)7-12/h3-8,22H,9H2,1-2H3,(H,21,23)/b20-8+. The van der Waals surface area contributed by atoms with E-state index < -0.39 is 0 Å². The van der Waals surface area contributed by atoms with Gasteiger partial charge in [0.2, 0.25) is 0 Å². The Morgan fingerprint density at radius 3 is 2.79 bits per heavy atom. The summed E-state index contributed by atoms with van der Waals surface area (Å²) in [6.07, 6.45) is 1.51. The van der Waals surface area contributed by atoms with Crippen LogP contribution in [-0.4, -0.2) is 23.8 Å². The van der Waals surface area contributed by atoms with Crippen LogP contribution >= 0.6 is 38.5 Å². The molecule has 0 aromatic heterocycles. The molecular weight excluding hydrogens is 487 g/mol. The molecule has 126 valence electrons. The van der Waals surface area contributed by atoms with Crippen LogP contribution in [0.15, 0.2) is 39.9 Å². The Bertz CT molecular complexity index is 770. The van der Waals surface area contributed by atoms with E-state index in [1.165, 1.54) is 6.21 Å². The molecule has 0 atom stereocenters. The minimum Gasteiger partial charge on any atom is -0.507 e. The Kier molecular flexibility index (Phi) is 6.61. The van der Waals surface area contributed by atoms with Gasteiger partial charge in [0, 0.05) is 0 Å². The fraction of sp³-hybridized carbons (Fsp3) is 0.176. The maximum atomic E-state index is 11.8. The molecule has 2 N–H and O–H groups in total. The zero-order valence-electron chi connectivity index (χ0n) is 13.1. The van der Waals surface area contributed by atoms with Gasteiger partial charge in [0.05, 0.1) is 14.3 Å². The summed E-state index contributed by atoms with van der Waals surface area (Å²) in [4.78, 5) is 11.8. The number of ether oxygens (including phenoxy) is 1. The van der Waals surface area contributed by atoms with Crippen molar-refractivity contribution in [1.29, 1.82) is 0 Å². The number of carbonyl (C=O) groups excluding carboxylic acids is 1. The van der Waals surface area contributed by atoms with E-state index in [0.29, 0.717) is 9.32 Å². The summed E-state index contributed by atoms with van der Waals surface area (Å²) < 4.78 is 7.08. The second-order valence-electron chi connectivity index (χ2n) is 5.19. The molecule has 0 aliphatic rings. The molecule has 0 aliphatic heterocycles. The first-order valence-electron chi connectivity index (χ1n) is 7.07. The molecule has 0 heterocycles. The molecule has 0 saturated carbocycles. The van der Waals surface area contributed by atoms with Crippen molar-refractivity contribution in [2.45, 2.75) is 13.8 Å². The zero-order chi connectivity index (χ0) is 17.7. The molecule has 1 amide bonds. The van der Waals surface area contributed by atoms with Gasteiger partial charge in [0.25, 0.3) is 5.91 Å². The minimum atomic E-state index is -0.355. The van der Waals surface area contributed by atoms with Gasteiger partial charge in [-0.2, -0.15) is 5.10 Å². The number of hydrogen-bond acceptors (Lipinski definition) is 4. The number of benzene rings is 2. The number of aromatic hydroxyl groups is 1. The third-order valence-electron chi connectivity index (χ3n) is 3.10. The van der Waals surface area contributed by atoms with Crippen molar-refractivity contribution < 1.29 is 14.6 Å². The highest BCUT2D eigenvalue weighted by Gasteiger charge is 2.08. The quantitative estimate of drug-likeness (QED) is 0.370. The van der Waals surface area contributed by atoms with Crippen molar-refractivity contribution in [2.75, 3.05) is 6.61 Å². The Hall–Kier alpha value is -1.61. The molecule has 24 heavy (non-hydrogen) atoms. The molecule has 7 heteroatoms. The van der Waals surface area contributed by atoms with E-state index in [4.69, 9.17) is 4.74 Å². The smallest absolute Gasteiger partial charge is 0.277 e. The summed E-state index contributed by atoms with van der Waals surface area (Å²) in [5, 5.41) is 13.3. The van der Waals surface area contributed by atoms with Crippen LogP contribution in [0, 0.1) is 17.4 Å². The van der Waals surface area contributed by atoms with Crippen molar-refractivity contribution in [1.82, 2.24) is 5.43 Å². The van der Waals surface area contributed by atoms with E-state index in [0.717, 1.165) is 21.2 Å². The van der Waals surface area contributed by atoms with Gasteiger partial charge in [-0.05, 0) is 93.3 Å². The van der Waals surface area contributed by atoms with Crippen LogP contribution in [0.3, 0.4) is 0 Å². The average molecular weight is 503 g/mol. The average Bonchev–Trinajstić information content (AvgIpc) is 2.49. The van der Waals surface area contributed by atoms with Gasteiger partial charge in [0.1, 0.15) is 11.5 Å². The first-order chi connectivity index (χ1) is 11.4. The molecule has 0 radical (unpaired) electrons. The highest BCUT2D eigenvalue weighted by molar-refractivity contribution is 14.1. The van der Waals surface area contributed by atoms with Crippen LogP contribution in [0.1, 0.15) is 16.7 Å². The van der Waals surface area contributed by atoms with Crippen LogP contribution in [0.5, 0.6) is 11.5 Å². The maximum absolute atomic E-state index is 11.8. The summed E-state index contributed by atoms with van der Waals surface area (Å²) in [7, 11) is 0. The number of carbonyl (C=O) groups is 1. The molecular formula is C17H16BrIN2O3. The van der Waals surface area contributed by atoms with Crippen LogP contribution in [-0.2, 0) is 4.79 Å². The van der Waals surface area contributed by atoms with E-state index in [1.807, 2.05) is 48.6 Å². The second kappa shape index (κ2) is 8.48. The molecule has 2 aromatic carbocycles. The van der Waals surface area contributed by atoms with Crippen LogP contribution in [0.25, 0.3) is 0 Å². The highest BCUT2D eigenvalue weighted by atomic mass is 127. The first-order valence-corrected chi connectivity index (χ1v) is 8.94. The molecule has 0 spiro atoms. The Labute approximate surface area is 162 Å². The lowest BCUT2D eigenvalue weighted by molar-refractivity contribution is -0.123. The van der Waals surface area contributed by atoms with Gasteiger partial charge in [-0.15, -0.1) is 0 Å². The number of aryl methyl sites for hydroxylation is 2. The molecule has 0 unspecified atom stereocenters. The SMILES string of the molecule is Cc1cc(C)c(OCC(=O)N/N=C/c2ccc(O)c(I)c2)c(Br)c1. The summed E-state index contributed by atoms with van der Waals surface area (Å²) in [5.74, 6) is 0.503. The van der Waals surface area contributed by atoms with E-state index in [-0.39, 0.29) is 18.3 Å². The molecule has 0 fully saturated rings. The number of nitrogens with zero attached hydrogens (tertiary/aromatic N) is 1. The third kappa shape index (κ3) is 5.20. The van der Waals surface area contributed by atoms with Crippen LogP contribution in [0.4, 0.5) is 0 Å². The monoisotopic (exact) mass is 502 g/mol. The number of phenols is 1. The second-order valence-corrected chi connectivity index (χ2v) is 7.20. The summed E-state index contributed by atoms with van der Waals surface area (Å²) in [6, 6.07) is 8.96. The van der Waals surface area contributed by atoms with Crippen LogP contribution < -0.4 is 10.2 Å². The van der Waals surface area contributed by atoms with Gasteiger partial charge >= 0.3 is 0 Å². The first kappa shape index (κ1) is 18.7. The molecule has 0 bridgehead atoms. The number of nitrogens with one attached hydrogen (secondary N) is 1. The van der Waals surface area contributed by atoms with Gasteiger partial charge in [-0.25, -0.2) is 5.43 Å². The normalized spacial score (nSPS) is 10.8. The lowest BCUT2D eigenvalue weighted by Crippen LogP contribution is -2.24. The van der Waals surface area contributed by atoms with Crippen molar-refractivity contribution in [3.05, 3.63) is 55.1 Å². The number of amides is 1. The van der Waals surface area contributed by atoms with E-state index in [9.17, 15) is 9.90 Å². The number of hydrazone groups is 1. The van der Waals surface area contributed by atoms with Gasteiger partial charge in [0.15, 0.2) is 6.61 Å². The lowest BCUT2D eigenvalue weighted by atomic mass is 10.1. The Morgan fingerprint density at radius 2 is 2.12 bits per heavy atom. The number of rotatable bonds is 5. The van der Waals surface area contributed by atoms with Crippen molar-refractivity contribution in [3.8, 4) is 11.5 Å². The fourth-order valence-electron chi connectivity index (χ4n) is 2.04. The molecule has 0 aliphatic carbocycles. The minimum absolute atomic E-state index is 0.132. The number of phenolic OH excluding ortho intramolecular Hbond substituents is 1. The number of halogens is 2. The summed E-state index contributed by atoms with van der Waals surface area (Å²) in [5.41, 5.74) is 5.26. The van der Waals surface area contributed by atoms with E-state index >= 15 is 0 Å². The van der Waals surface area contributed by atoms with Gasteiger partial charge in [-0.3, -0.25) is 4.79 Å². The summed E-state index contributed by atoms with van der Waals surface area (Å²) in [6.45, 7) is 3.79. The van der Waals surface area contributed by atoms with Crippen molar-refractivity contribution >= 4 is 50.6 Å².